The first-order valence-corrected chi connectivity index (χ1v) is 3.99. The van der Waals surface area contributed by atoms with Crippen molar-refractivity contribution in [2.24, 2.45) is 0 Å². The number of hydrogen-bond acceptors (Lipinski definition) is 2. The molecular formula is C10H16O2. The first-order chi connectivity index (χ1) is 5.76. The van der Waals surface area contributed by atoms with Gasteiger partial charge in [-0.3, -0.25) is 0 Å². The van der Waals surface area contributed by atoms with Crippen LogP contribution in [-0.4, -0.2) is 18.3 Å². The zero-order chi connectivity index (χ0) is 9.40. The fourth-order valence-electron chi connectivity index (χ4n) is 0.913. The molecule has 0 rings (SSSR count). The van der Waals surface area contributed by atoms with E-state index in [1.807, 2.05) is 6.08 Å². The van der Waals surface area contributed by atoms with Crippen LogP contribution < -0.4 is 0 Å². The lowest BCUT2D eigenvalue weighted by molar-refractivity contribution is 0.120. The van der Waals surface area contributed by atoms with E-state index in [0.717, 1.165) is 12.8 Å². The zero-order valence-electron chi connectivity index (χ0n) is 7.55. The molecule has 0 aliphatic carbocycles. The highest BCUT2D eigenvalue weighted by molar-refractivity contribution is 4.96. The first kappa shape index (κ1) is 11.0. The lowest BCUT2D eigenvalue weighted by Crippen LogP contribution is -2.10. The van der Waals surface area contributed by atoms with E-state index >= 15 is 0 Å². The molecule has 0 fully saturated rings. The molecule has 12 heavy (non-hydrogen) atoms. The number of hydrogen-bond donors (Lipinski definition) is 1. The molecular weight excluding hydrogens is 152 g/mol. The van der Waals surface area contributed by atoms with Gasteiger partial charge in [-0.1, -0.05) is 18.4 Å². The number of aliphatic hydroxyl groups is 1. The molecule has 0 aromatic carbocycles. The number of allylic oxidation sites excluding steroid dienone is 1. The fraction of sp³-hybridized carbons (Fsp3) is 0.500. The summed E-state index contributed by atoms with van der Waals surface area (Å²) in [6.45, 7) is 7.01. The van der Waals surface area contributed by atoms with E-state index in [1.165, 1.54) is 7.11 Å². The molecule has 2 nitrogen and oxygen atoms in total. The standard InChI is InChI=1S/C10H16O2/c1-4-6-7-8-9(11)10(5-2)12-3/h4,9,11H,1-2,6-8H2,3H3. The predicted molar refractivity (Wildman–Crippen MR) is 49.7 cm³/mol. The normalized spacial score (nSPS) is 11.5. The second-order valence-corrected chi connectivity index (χ2v) is 2.48. The fourth-order valence-corrected chi connectivity index (χ4v) is 0.913. The number of rotatable bonds is 6. The van der Waals surface area contributed by atoms with E-state index in [1.54, 1.807) is 0 Å². The summed E-state index contributed by atoms with van der Waals surface area (Å²) in [6, 6.07) is 0. The van der Waals surface area contributed by atoms with Gasteiger partial charge >= 0.3 is 0 Å². The van der Waals surface area contributed by atoms with Crippen LogP contribution in [0.5, 0.6) is 0 Å². The highest BCUT2D eigenvalue weighted by atomic mass is 16.5. The van der Waals surface area contributed by atoms with E-state index in [4.69, 9.17) is 4.74 Å². The third-order valence-electron chi connectivity index (χ3n) is 1.58. The molecule has 0 amide bonds. The van der Waals surface area contributed by atoms with Crippen molar-refractivity contribution >= 4 is 0 Å². The van der Waals surface area contributed by atoms with Crippen LogP contribution in [0, 0.1) is 0 Å². The topological polar surface area (TPSA) is 29.5 Å². The van der Waals surface area contributed by atoms with Gasteiger partial charge in [-0.2, -0.15) is 0 Å². The van der Waals surface area contributed by atoms with Crippen molar-refractivity contribution in [1.29, 1.82) is 0 Å². The Bertz CT molecular complexity index is 178. The molecule has 68 valence electrons. The van der Waals surface area contributed by atoms with Gasteiger partial charge in [0.1, 0.15) is 6.10 Å². The maximum atomic E-state index is 9.44. The van der Waals surface area contributed by atoms with Gasteiger partial charge in [-0.05, 0) is 19.3 Å². The first-order valence-electron chi connectivity index (χ1n) is 3.99. The summed E-state index contributed by atoms with van der Waals surface area (Å²) in [6.07, 6.45) is 3.73. The van der Waals surface area contributed by atoms with Gasteiger partial charge < -0.3 is 9.84 Å². The molecule has 1 unspecified atom stereocenters. The summed E-state index contributed by atoms with van der Waals surface area (Å²) < 4.78 is 4.86. The van der Waals surface area contributed by atoms with Crippen molar-refractivity contribution in [2.45, 2.75) is 25.4 Å². The summed E-state index contributed by atoms with van der Waals surface area (Å²) in [4.78, 5) is 0. The second kappa shape index (κ2) is 6.71. The van der Waals surface area contributed by atoms with Crippen LogP contribution in [0.1, 0.15) is 19.3 Å². The molecule has 0 aliphatic rings. The second-order valence-electron chi connectivity index (χ2n) is 2.48. The smallest absolute Gasteiger partial charge is 0.166 e. The van der Waals surface area contributed by atoms with Crippen molar-refractivity contribution in [1.82, 2.24) is 0 Å². The molecule has 0 heterocycles. The molecule has 2 heteroatoms. The minimum absolute atomic E-state index is 0.416. The van der Waals surface area contributed by atoms with Gasteiger partial charge in [-0.15, -0.1) is 6.58 Å². The monoisotopic (exact) mass is 168 g/mol. The average molecular weight is 168 g/mol. The van der Waals surface area contributed by atoms with Gasteiger partial charge in [-0.25, -0.2) is 0 Å². The number of ether oxygens (including phenoxy) is 1. The Morgan fingerprint density at radius 2 is 2.42 bits per heavy atom. The maximum absolute atomic E-state index is 9.44. The molecule has 1 N–H and O–H groups in total. The summed E-state index contributed by atoms with van der Waals surface area (Å²) in [5.74, 6) is 0.416. The van der Waals surface area contributed by atoms with E-state index in [2.05, 4.69) is 18.9 Å². The van der Waals surface area contributed by atoms with Crippen LogP contribution in [-0.2, 0) is 4.74 Å². The summed E-state index contributed by atoms with van der Waals surface area (Å²) in [5, 5.41) is 9.44. The maximum Gasteiger partial charge on any atom is 0.166 e. The Morgan fingerprint density at radius 3 is 2.83 bits per heavy atom. The molecule has 0 saturated heterocycles. The minimum Gasteiger partial charge on any atom is -0.490 e. The van der Waals surface area contributed by atoms with Crippen molar-refractivity contribution in [3.8, 4) is 0 Å². The van der Waals surface area contributed by atoms with Gasteiger partial charge in [0.25, 0.3) is 0 Å². The van der Waals surface area contributed by atoms with E-state index in [0.29, 0.717) is 12.2 Å². The largest absolute Gasteiger partial charge is 0.490 e. The Morgan fingerprint density at radius 1 is 1.75 bits per heavy atom. The number of methoxy groups -OCH3 is 1. The van der Waals surface area contributed by atoms with Crippen molar-refractivity contribution < 1.29 is 9.84 Å². The van der Waals surface area contributed by atoms with Crippen LogP contribution in [0.25, 0.3) is 0 Å². The van der Waals surface area contributed by atoms with Crippen LogP contribution in [0.15, 0.2) is 30.7 Å². The lowest BCUT2D eigenvalue weighted by atomic mass is 10.1. The molecule has 0 saturated carbocycles. The lowest BCUT2D eigenvalue weighted by Gasteiger charge is -2.10. The van der Waals surface area contributed by atoms with Crippen molar-refractivity contribution in [3.63, 3.8) is 0 Å². The third-order valence-corrected chi connectivity index (χ3v) is 1.58. The van der Waals surface area contributed by atoms with E-state index in [-0.39, 0.29) is 0 Å². The molecule has 0 bridgehead atoms. The van der Waals surface area contributed by atoms with Gasteiger partial charge in [0.05, 0.1) is 7.11 Å². The molecule has 0 aromatic rings. The van der Waals surface area contributed by atoms with E-state index < -0.39 is 6.10 Å². The van der Waals surface area contributed by atoms with Crippen LogP contribution >= 0.6 is 0 Å². The Hall–Kier alpha value is -0.980. The Kier molecular flexibility index (Phi) is 6.16. The SMILES string of the molecule is C=C=C(OC)C(O)CCCC=C. The van der Waals surface area contributed by atoms with Gasteiger partial charge in [0, 0.05) is 0 Å². The molecule has 0 aliphatic heterocycles. The molecule has 0 aromatic heterocycles. The highest BCUT2D eigenvalue weighted by Crippen LogP contribution is 2.09. The quantitative estimate of drug-likeness (QED) is 0.284. The number of unbranched alkanes of at least 4 members (excludes halogenated alkanes) is 1. The summed E-state index contributed by atoms with van der Waals surface area (Å²) in [5.41, 5.74) is 2.55. The molecule has 0 radical (unpaired) electrons. The Labute approximate surface area is 73.9 Å². The highest BCUT2D eigenvalue weighted by Gasteiger charge is 2.08. The van der Waals surface area contributed by atoms with Gasteiger partial charge in [0.2, 0.25) is 0 Å². The van der Waals surface area contributed by atoms with Crippen LogP contribution in [0.2, 0.25) is 0 Å². The number of aliphatic hydroxyl groups excluding tert-OH is 1. The molecule has 1 atom stereocenters. The average Bonchev–Trinajstić information content (AvgIpc) is 2.07. The van der Waals surface area contributed by atoms with E-state index in [9.17, 15) is 5.11 Å². The van der Waals surface area contributed by atoms with Crippen LogP contribution in [0.4, 0.5) is 0 Å². The van der Waals surface area contributed by atoms with Crippen LogP contribution in [0.3, 0.4) is 0 Å². The molecule has 0 spiro atoms. The summed E-state index contributed by atoms with van der Waals surface area (Å²) in [7, 11) is 1.50. The Balaban J connectivity index is 3.77. The third kappa shape index (κ3) is 4.02. The van der Waals surface area contributed by atoms with Crippen molar-refractivity contribution in [3.05, 3.63) is 30.7 Å². The summed E-state index contributed by atoms with van der Waals surface area (Å²) >= 11 is 0. The predicted octanol–water partition coefficient (Wildman–Crippen LogP) is 2.02. The van der Waals surface area contributed by atoms with Crippen molar-refractivity contribution in [2.75, 3.05) is 7.11 Å². The van der Waals surface area contributed by atoms with Gasteiger partial charge in [0.15, 0.2) is 5.76 Å². The zero-order valence-corrected chi connectivity index (χ0v) is 7.55. The minimum atomic E-state index is -0.576.